The van der Waals surface area contributed by atoms with Crippen LogP contribution in [0.3, 0.4) is 0 Å². The molecule has 0 radical (unpaired) electrons. The molecular formula is C23H31N3O4S2. The van der Waals surface area contributed by atoms with E-state index in [1.165, 1.54) is 23.4 Å². The third-order valence-electron chi connectivity index (χ3n) is 5.69. The number of anilines is 1. The zero-order chi connectivity index (χ0) is 23.3. The smallest absolute Gasteiger partial charge is 0.243 e. The third kappa shape index (κ3) is 6.17. The van der Waals surface area contributed by atoms with E-state index >= 15 is 0 Å². The Morgan fingerprint density at radius 1 is 1.12 bits per heavy atom. The number of hydrogen-bond donors (Lipinski definition) is 2. The van der Waals surface area contributed by atoms with Crippen molar-refractivity contribution in [3.8, 4) is 0 Å². The number of piperidine rings is 1. The molecule has 1 aromatic carbocycles. The predicted octanol–water partition coefficient (Wildman–Crippen LogP) is 4.01. The van der Waals surface area contributed by atoms with Gasteiger partial charge in [-0.25, -0.2) is 8.42 Å². The number of benzene rings is 1. The topological polar surface area (TPSA) is 95.6 Å². The fourth-order valence-corrected chi connectivity index (χ4v) is 6.36. The lowest BCUT2D eigenvalue weighted by molar-refractivity contribution is -0.123. The molecule has 1 aliphatic rings. The van der Waals surface area contributed by atoms with Crippen LogP contribution in [0.2, 0.25) is 0 Å². The Morgan fingerprint density at radius 3 is 2.31 bits per heavy atom. The minimum Gasteiger partial charge on any atom is -0.348 e. The minimum absolute atomic E-state index is 0.00318. The highest BCUT2D eigenvalue weighted by atomic mass is 32.2. The molecule has 0 aliphatic carbocycles. The summed E-state index contributed by atoms with van der Waals surface area (Å²) in [7, 11) is -3.60. The summed E-state index contributed by atoms with van der Waals surface area (Å²) in [5.41, 5.74) is 0.559. The molecule has 2 heterocycles. The molecule has 0 spiro atoms. The van der Waals surface area contributed by atoms with Crippen molar-refractivity contribution in [3.05, 3.63) is 46.7 Å². The lowest BCUT2D eigenvalue weighted by Crippen LogP contribution is -2.40. The van der Waals surface area contributed by atoms with Crippen LogP contribution in [0.5, 0.6) is 0 Å². The van der Waals surface area contributed by atoms with Gasteiger partial charge in [-0.3, -0.25) is 9.59 Å². The molecule has 7 nitrogen and oxygen atoms in total. The molecular weight excluding hydrogens is 446 g/mol. The van der Waals surface area contributed by atoms with Gasteiger partial charge in [-0.2, -0.15) is 4.31 Å². The maximum Gasteiger partial charge on any atom is 0.243 e. The Hall–Kier alpha value is -2.23. The highest BCUT2D eigenvalue weighted by Crippen LogP contribution is 2.29. The van der Waals surface area contributed by atoms with Crippen LogP contribution in [-0.2, 0) is 19.6 Å². The van der Waals surface area contributed by atoms with Crippen LogP contribution in [0.15, 0.2) is 46.7 Å². The number of nitrogens with one attached hydrogen (secondary N) is 2. The Labute approximate surface area is 194 Å². The van der Waals surface area contributed by atoms with Crippen LogP contribution >= 0.6 is 11.3 Å². The lowest BCUT2D eigenvalue weighted by atomic mass is 9.93. The molecule has 0 saturated carbocycles. The van der Waals surface area contributed by atoms with Gasteiger partial charge in [0.1, 0.15) is 0 Å². The Kier molecular flexibility index (Phi) is 8.08. The summed E-state index contributed by atoms with van der Waals surface area (Å²) in [5.74, 6) is 0.273. The van der Waals surface area contributed by atoms with Gasteiger partial charge in [-0.05, 0) is 60.4 Å². The predicted molar refractivity (Wildman–Crippen MR) is 127 cm³/mol. The third-order valence-corrected chi connectivity index (χ3v) is 8.56. The Balaban J connectivity index is 1.54. The summed E-state index contributed by atoms with van der Waals surface area (Å²) in [5, 5.41) is 7.81. The van der Waals surface area contributed by atoms with E-state index in [4.69, 9.17) is 0 Å². The summed E-state index contributed by atoms with van der Waals surface area (Å²) in [6.45, 7) is 6.38. The summed E-state index contributed by atoms with van der Waals surface area (Å²) in [6.07, 6.45) is 1.72. The number of hydrogen-bond acceptors (Lipinski definition) is 5. The molecule has 174 valence electrons. The number of amides is 2. The van der Waals surface area contributed by atoms with Crippen molar-refractivity contribution >= 4 is 38.9 Å². The summed E-state index contributed by atoms with van der Waals surface area (Å²) >= 11 is 1.64. The summed E-state index contributed by atoms with van der Waals surface area (Å²) in [6, 6.07) is 10.2. The SMILES string of the molecule is CC(=O)Nc1ccc(S(=O)(=O)N2CCC(CC(=O)N[C@@H](c3cccs3)C(C)C)CC2)cc1. The fraction of sp³-hybridized carbons (Fsp3) is 0.478. The zero-order valence-corrected chi connectivity index (χ0v) is 20.3. The van der Waals surface area contributed by atoms with E-state index < -0.39 is 10.0 Å². The van der Waals surface area contributed by atoms with Crippen molar-refractivity contribution in [1.82, 2.24) is 9.62 Å². The number of carbonyl (C=O) groups excluding carboxylic acids is 2. The number of rotatable bonds is 8. The van der Waals surface area contributed by atoms with Crippen LogP contribution in [-0.4, -0.2) is 37.6 Å². The molecule has 1 aromatic heterocycles. The van der Waals surface area contributed by atoms with Gasteiger partial charge in [-0.1, -0.05) is 19.9 Å². The summed E-state index contributed by atoms with van der Waals surface area (Å²) < 4.78 is 27.4. The first-order valence-electron chi connectivity index (χ1n) is 10.9. The Bertz CT molecular complexity index is 1010. The zero-order valence-electron chi connectivity index (χ0n) is 18.7. The van der Waals surface area contributed by atoms with Crippen molar-refractivity contribution in [3.63, 3.8) is 0 Å². The Morgan fingerprint density at radius 2 is 1.78 bits per heavy atom. The molecule has 32 heavy (non-hydrogen) atoms. The monoisotopic (exact) mass is 477 g/mol. The van der Waals surface area contributed by atoms with E-state index in [1.807, 2.05) is 17.5 Å². The second kappa shape index (κ2) is 10.6. The van der Waals surface area contributed by atoms with Crippen molar-refractivity contribution in [2.24, 2.45) is 11.8 Å². The van der Waals surface area contributed by atoms with Crippen LogP contribution in [0.4, 0.5) is 5.69 Å². The molecule has 1 saturated heterocycles. The molecule has 0 unspecified atom stereocenters. The standard InChI is InChI=1S/C23H31N3O4S2/c1-16(2)23(21-5-4-14-31-21)25-22(28)15-18-10-12-26(13-11-18)32(29,30)20-8-6-19(7-9-20)24-17(3)27/h4-9,14,16,18,23H,10-13,15H2,1-3H3,(H,24,27)(H,25,28)/t23-/m1/s1. The van der Waals surface area contributed by atoms with E-state index in [9.17, 15) is 18.0 Å². The largest absolute Gasteiger partial charge is 0.348 e. The van der Waals surface area contributed by atoms with Gasteiger partial charge in [0.05, 0.1) is 10.9 Å². The molecule has 1 fully saturated rings. The van der Waals surface area contributed by atoms with Crippen LogP contribution in [0.1, 0.15) is 51.0 Å². The van der Waals surface area contributed by atoms with Gasteiger partial charge in [0.2, 0.25) is 21.8 Å². The fourth-order valence-electron chi connectivity index (χ4n) is 3.95. The molecule has 0 bridgehead atoms. The van der Waals surface area contributed by atoms with Crippen LogP contribution in [0.25, 0.3) is 0 Å². The second-order valence-corrected chi connectivity index (χ2v) is 11.5. The first kappa shape index (κ1) is 24.4. The van der Waals surface area contributed by atoms with Crippen LogP contribution < -0.4 is 10.6 Å². The quantitative estimate of drug-likeness (QED) is 0.600. The molecule has 3 rings (SSSR count). The average Bonchev–Trinajstić information content (AvgIpc) is 3.26. The van der Waals surface area contributed by atoms with Gasteiger partial charge in [-0.15, -0.1) is 11.3 Å². The molecule has 1 atom stereocenters. The van der Waals surface area contributed by atoms with Crippen LogP contribution in [0, 0.1) is 11.8 Å². The van der Waals surface area contributed by atoms with Crippen molar-refractivity contribution in [2.45, 2.75) is 51.0 Å². The van der Waals surface area contributed by atoms with E-state index in [0.29, 0.717) is 44.0 Å². The van der Waals surface area contributed by atoms with E-state index in [1.54, 1.807) is 23.5 Å². The van der Waals surface area contributed by atoms with Gasteiger partial charge < -0.3 is 10.6 Å². The highest BCUT2D eigenvalue weighted by molar-refractivity contribution is 7.89. The second-order valence-electron chi connectivity index (χ2n) is 8.56. The molecule has 9 heteroatoms. The number of thiophene rings is 1. The molecule has 2 amide bonds. The van der Waals surface area contributed by atoms with E-state index in [-0.39, 0.29) is 28.7 Å². The van der Waals surface area contributed by atoms with Crippen molar-refractivity contribution in [2.75, 3.05) is 18.4 Å². The van der Waals surface area contributed by atoms with Crippen molar-refractivity contribution in [1.29, 1.82) is 0 Å². The van der Waals surface area contributed by atoms with E-state index in [2.05, 4.69) is 24.5 Å². The van der Waals surface area contributed by atoms with Gasteiger partial charge in [0.25, 0.3) is 0 Å². The number of nitrogens with zero attached hydrogens (tertiary/aromatic N) is 1. The van der Waals surface area contributed by atoms with Gasteiger partial charge in [0.15, 0.2) is 0 Å². The van der Waals surface area contributed by atoms with Gasteiger partial charge in [0, 0.05) is 37.0 Å². The normalized spacial score (nSPS) is 16.6. The maximum absolute atomic E-state index is 13.0. The number of sulfonamides is 1. The minimum atomic E-state index is -3.60. The molecule has 2 N–H and O–H groups in total. The molecule has 1 aliphatic heterocycles. The van der Waals surface area contributed by atoms with Gasteiger partial charge >= 0.3 is 0 Å². The number of carbonyl (C=O) groups is 2. The first-order valence-corrected chi connectivity index (χ1v) is 13.2. The highest BCUT2D eigenvalue weighted by Gasteiger charge is 2.30. The summed E-state index contributed by atoms with van der Waals surface area (Å²) in [4.78, 5) is 25.2. The van der Waals surface area contributed by atoms with E-state index in [0.717, 1.165) is 4.88 Å². The van der Waals surface area contributed by atoms with Crippen molar-refractivity contribution < 1.29 is 18.0 Å². The maximum atomic E-state index is 13.0. The average molecular weight is 478 g/mol. The molecule has 2 aromatic rings. The first-order chi connectivity index (χ1) is 15.2. The lowest BCUT2D eigenvalue weighted by Gasteiger charge is -2.31.